The van der Waals surface area contributed by atoms with Gasteiger partial charge >= 0.3 is 0 Å². The van der Waals surface area contributed by atoms with Crippen molar-refractivity contribution in [3.63, 3.8) is 0 Å². The van der Waals surface area contributed by atoms with Gasteiger partial charge in [-0.25, -0.2) is 4.39 Å². The summed E-state index contributed by atoms with van der Waals surface area (Å²) in [5.41, 5.74) is 2.98. The molecule has 0 bridgehead atoms. The van der Waals surface area contributed by atoms with Crippen LogP contribution in [-0.4, -0.2) is 31.7 Å². The molecule has 0 aromatic heterocycles. The molecule has 0 fully saturated rings. The topological polar surface area (TPSA) is 70.6 Å². The fourth-order valence-electron chi connectivity index (χ4n) is 2.54. The molecule has 2 aromatic rings. The standard InChI is InChI=1S/C19H23FN2O3/c1-13(17-6-3-14(12-24)9-19(17)21-2)22-11-15-4-5-16(10-18(15)20)25-8-7-23/h3-6,9-10,12-13,21-23H,7-8,11H2,1-2H3. The minimum absolute atomic E-state index is 0.0344. The molecule has 0 spiro atoms. The van der Waals surface area contributed by atoms with Crippen molar-refractivity contribution in [1.82, 2.24) is 5.32 Å². The summed E-state index contributed by atoms with van der Waals surface area (Å²) in [6.45, 7) is 2.36. The SMILES string of the molecule is CNc1cc(C=O)ccc1C(C)NCc1ccc(OCCO)cc1F. The summed E-state index contributed by atoms with van der Waals surface area (Å²) in [6, 6.07) is 10.1. The number of hydrogen-bond donors (Lipinski definition) is 3. The molecule has 1 unspecified atom stereocenters. The van der Waals surface area contributed by atoms with Gasteiger partial charge in [-0.3, -0.25) is 4.79 Å². The number of benzene rings is 2. The summed E-state index contributed by atoms with van der Waals surface area (Å²) in [5.74, 6) is 0.0329. The number of nitrogens with one attached hydrogen (secondary N) is 2. The molecule has 0 amide bonds. The largest absolute Gasteiger partial charge is 0.491 e. The van der Waals surface area contributed by atoms with E-state index in [-0.39, 0.29) is 25.1 Å². The Morgan fingerprint density at radius 3 is 2.72 bits per heavy atom. The van der Waals surface area contributed by atoms with Gasteiger partial charge in [0.2, 0.25) is 0 Å². The fourth-order valence-corrected chi connectivity index (χ4v) is 2.54. The summed E-state index contributed by atoms with van der Waals surface area (Å²) in [7, 11) is 1.80. The van der Waals surface area contributed by atoms with Crippen LogP contribution in [-0.2, 0) is 6.54 Å². The van der Waals surface area contributed by atoms with E-state index in [1.165, 1.54) is 6.07 Å². The van der Waals surface area contributed by atoms with Crippen molar-refractivity contribution in [1.29, 1.82) is 0 Å². The summed E-state index contributed by atoms with van der Waals surface area (Å²) >= 11 is 0. The van der Waals surface area contributed by atoms with Crippen molar-refractivity contribution in [2.24, 2.45) is 0 Å². The Morgan fingerprint density at radius 1 is 1.28 bits per heavy atom. The number of hydrogen-bond acceptors (Lipinski definition) is 5. The summed E-state index contributed by atoms with van der Waals surface area (Å²) in [5, 5.41) is 15.1. The summed E-state index contributed by atoms with van der Waals surface area (Å²) in [6.07, 6.45) is 0.804. The molecule has 0 saturated carbocycles. The first kappa shape index (κ1) is 18.9. The first-order valence-electron chi connectivity index (χ1n) is 8.11. The number of ether oxygens (including phenoxy) is 1. The van der Waals surface area contributed by atoms with Crippen LogP contribution < -0.4 is 15.4 Å². The van der Waals surface area contributed by atoms with Crippen molar-refractivity contribution in [3.8, 4) is 5.75 Å². The number of halogens is 1. The van der Waals surface area contributed by atoms with E-state index < -0.39 is 0 Å². The van der Waals surface area contributed by atoms with Gasteiger partial charge in [0, 0.05) is 42.5 Å². The van der Waals surface area contributed by atoms with Gasteiger partial charge in [-0.15, -0.1) is 0 Å². The predicted molar refractivity (Wildman–Crippen MR) is 95.6 cm³/mol. The molecule has 0 saturated heterocycles. The molecule has 3 N–H and O–H groups in total. The van der Waals surface area contributed by atoms with Crippen molar-refractivity contribution in [2.75, 3.05) is 25.6 Å². The Kier molecular flexibility index (Phi) is 6.91. The van der Waals surface area contributed by atoms with Crippen LogP contribution in [0.1, 0.15) is 34.5 Å². The Balaban J connectivity index is 2.04. The molecular formula is C19H23FN2O3. The second-order valence-corrected chi connectivity index (χ2v) is 5.64. The van der Waals surface area contributed by atoms with Gasteiger partial charge in [0.1, 0.15) is 24.5 Å². The van der Waals surface area contributed by atoms with Gasteiger partial charge in [0.05, 0.1) is 6.61 Å². The second kappa shape index (κ2) is 9.15. The lowest BCUT2D eigenvalue weighted by Crippen LogP contribution is -2.20. The van der Waals surface area contributed by atoms with Crippen molar-refractivity contribution < 1.29 is 19.0 Å². The fraction of sp³-hybridized carbons (Fsp3) is 0.316. The molecule has 1 atom stereocenters. The number of aliphatic hydroxyl groups is 1. The quantitative estimate of drug-likeness (QED) is 0.609. The molecule has 0 aliphatic rings. The monoisotopic (exact) mass is 346 g/mol. The summed E-state index contributed by atoms with van der Waals surface area (Å²) in [4.78, 5) is 10.9. The zero-order valence-electron chi connectivity index (χ0n) is 14.4. The van der Waals surface area contributed by atoms with Gasteiger partial charge in [0.25, 0.3) is 0 Å². The maximum Gasteiger partial charge on any atom is 0.150 e. The maximum absolute atomic E-state index is 14.1. The highest BCUT2D eigenvalue weighted by Gasteiger charge is 2.12. The predicted octanol–water partition coefficient (Wildman–Crippen LogP) is 2.90. The lowest BCUT2D eigenvalue weighted by molar-refractivity contribution is 0.112. The van der Waals surface area contributed by atoms with Crippen LogP contribution in [0.2, 0.25) is 0 Å². The highest BCUT2D eigenvalue weighted by molar-refractivity contribution is 5.78. The Bertz CT molecular complexity index is 722. The maximum atomic E-state index is 14.1. The van der Waals surface area contributed by atoms with Gasteiger partial charge in [-0.05, 0) is 24.6 Å². The average molecular weight is 346 g/mol. The van der Waals surface area contributed by atoms with Gasteiger partial charge in [0.15, 0.2) is 0 Å². The number of anilines is 1. The normalized spacial score (nSPS) is 11.8. The van der Waals surface area contributed by atoms with Gasteiger partial charge in [-0.1, -0.05) is 18.2 Å². The second-order valence-electron chi connectivity index (χ2n) is 5.64. The van der Waals surface area contributed by atoms with E-state index >= 15 is 0 Å². The Morgan fingerprint density at radius 2 is 2.08 bits per heavy atom. The van der Waals surface area contributed by atoms with E-state index in [2.05, 4.69) is 10.6 Å². The van der Waals surface area contributed by atoms with Crippen LogP contribution in [0, 0.1) is 5.82 Å². The molecule has 2 aromatic carbocycles. The minimum Gasteiger partial charge on any atom is -0.491 e. The smallest absolute Gasteiger partial charge is 0.150 e. The zero-order valence-corrected chi connectivity index (χ0v) is 14.4. The van der Waals surface area contributed by atoms with E-state index in [0.29, 0.717) is 23.4 Å². The molecule has 0 radical (unpaired) electrons. The Hall–Kier alpha value is -2.44. The number of aliphatic hydroxyl groups excluding tert-OH is 1. The van der Waals surface area contributed by atoms with Gasteiger partial charge in [-0.2, -0.15) is 0 Å². The first-order chi connectivity index (χ1) is 12.1. The molecule has 2 rings (SSSR count). The van der Waals surface area contributed by atoms with Crippen LogP contribution in [0.3, 0.4) is 0 Å². The third-order valence-electron chi connectivity index (χ3n) is 3.93. The van der Waals surface area contributed by atoms with Crippen LogP contribution in [0.5, 0.6) is 5.75 Å². The van der Waals surface area contributed by atoms with Crippen LogP contribution in [0.25, 0.3) is 0 Å². The van der Waals surface area contributed by atoms with E-state index in [0.717, 1.165) is 17.5 Å². The van der Waals surface area contributed by atoms with Crippen LogP contribution in [0.4, 0.5) is 10.1 Å². The van der Waals surface area contributed by atoms with E-state index in [1.807, 2.05) is 13.0 Å². The summed E-state index contributed by atoms with van der Waals surface area (Å²) < 4.78 is 19.3. The molecule has 5 nitrogen and oxygen atoms in total. The number of carbonyl (C=O) groups is 1. The van der Waals surface area contributed by atoms with E-state index in [9.17, 15) is 9.18 Å². The minimum atomic E-state index is -0.361. The molecule has 0 aliphatic heterocycles. The zero-order chi connectivity index (χ0) is 18.2. The molecular weight excluding hydrogens is 323 g/mol. The third-order valence-corrected chi connectivity index (χ3v) is 3.93. The first-order valence-corrected chi connectivity index (χ1v) is 8.11. The molecule has 6 heteroatoms. The number of aldehydes is 1. The van der Waals surface area contributed by atoms with Crippen LogP contribution >= 0.6 is 0 Å². The highest BCUT2D eigenvalue weighted by atomic mass is 19.1. The molecule has 25 heavy (non-hydrogen) atoms. The van der Waals surface area contributed by atoms with Crippen molar-refractivity contribution >= 4 is 12.0 Å². The number of rotatable bonds is 9. The lowest BCUT2D eigenvalue weighted by Gasteiger charge is -2.19. The van der Waals surface area contributed by atoms with Gasteiger partial charge < -0.3 is 20.5 Å². The molecule has 0 aliphatic carbocycles. The highest BCUT2D eigenvalue weighted by Crippen LogP contribution is 2.24. The van der Waals surface area contributed by atoms with Crippen LogP contribution in [0.15, 0.2) is 36.4 Å². The number of carbonyl (C=O) groups excluding carboxylic acids is 1. The molecule has 0 heterocycles. The Labute approximate surface area is 146 Å². The molecule has 134 valence electrons. The average Bonchev–Trinajstić information content (AvgIpc) is 2.64. The van der Waals surface area contributed by atoms with Crippen molar-refractivity contribution in [2.45, 2.75) is 19.5 Å². The lowest BCUT2D eigenvalue weighted by atomic mass is 10.0. The van der Waals surface area contributed by atoms with E-state index in [4.69, 9.17) is 9.84 Å². The van der Waals surface area contributed by atoms with Crippen molar-refractivity contribution in [3.05, 3.63) is 58.9 Å². The van der Waals surface area contributed by atoms with E-state index in [1.54, 1.807) is 31.3 Å². The third kappa shape index (κ3) is 5.01.